The van der Waals surface area contributed by atoms with E-state index in [2.05, 4.69) is 5.32 Å². The average Bonchev–Trinajstić information content (AvgIpc) is 2.46. The van der Waals surface area contributed by atoms with E-state index in [1.54, 1.807) is 19.2 Å². The zero-order valence-corrected chi connectivity index (χ0v) is 14.6. The highest BCUT2D eigenvalue weighted by atomic mass is 35.5. The summed E-state index contributed by atoms with van der Waals surface area (Å²) in [5, 5.41) is 8.38. The van der Waals surface area contributed by atoms with Crippen molar-refractivity contribution in [2.75, 3.05) is 18.9 Å². The van der Waals surface area contributed by atoms with Crippen LogP contribution in [0.5, 0.6) is 0 Å². The number of halogens is 1. The maximum absolute atomic E-state index is 12.1. The molecule has 0 aliphatic carbocycles. The molecule has 128 valence electrons. The lowest BCUT2D eigenvalue weighted by Crippen LogP contribution is -2.29. The van der Waals surface area contributed by atoms with E-state index in [9.17, 15) is 13.2 Å². The van der Waals surface area contributed by atoms with Crippen molar-refractivity contribution < 1.29 is 13.2 Å². The van der Waals surface area contributed by atoms with E-state index in [0.717, 1.165) is 5.56 Å². The highest BCUT2D eigenvalue weighted by Crippen LogP contribution is 2.15. The fourth-order valence-corrected chi connectivity index (χ4v) is 2.97. The molecule has 0 saturated heterocycles. The third-order valence-corrected chi connectivity index (χ3v) is 4.35. The highest BCUT2D eigenvalue weighted by Gasteiger charge is 2.11. The Hall–Kier alpha value is -1.93. The molecule has 0 saturated carbocycles. The van der Waals surface area contributed by atoms with Crippen molar-refractivity contribution in [1.29, 1.82) is 0 Å². The van der Waals surface area contributed by atoms with E-state index in [4.69, 9.17) is 16.7 Å². The largest absolute Gasteiger partial charge is 0.325 e. The molecule has 8 heteroatoms. The lowest BCUT2D eigenvalue weighted by atomic mass is 10.2. The van der Waals surface area contributed by atoms with Gasteiger partial charge in [0.05, 0.1) is 11.4 Å². The molecule has 0 aliphatic heterocycles. The molecule has 24 heavy (non-hydrogen) atoms. The van der Waals surface area contributed by atoms with Crippen molar-refractivity contribution in [3.05, 3.63) is 59.1 Å². The van der Waals surface area contributed by atoms with Crippen LogP contribution in [0.3, 0.4) is 0 Å². The van der Waals surface area contributed by atoms with E-state index in [1.807, 2.05) is 23.1 Å². The molecule has 2 aromatic carbocycles. The van der Waals surface area contributed by atoms with Gasteiger partial charge in [0, 0.05) is 17.3 Å². The van der Waals surface area contributed by atoms with Gasteiger partial charge in [-0.05, 0) is 42.9 Å². The van der Waals surface area contributed by atoms with Crippen LogP contribution < -0.4 is 10.5 Å². The van der Waals surface area contributed by atoms with Crippen LogP contribution in [-0.4, -0.2) is 32.8 Å². The van der Waals surface area contributed by atoms with Gasteiger partial charge in [-0.1, -0.05) is 29.8 Å². The minimum Gasteiger partial charge on any atom is -0.325 e. The molecular formula is C16H18ClN3O3S. The third kappa shape index (κ3) is 5.61. The number of primary sulfonamides is 1. The van der Waals surface area contributed by atoms with Gasteiger partial charge in [0.25, 0.3) is 0 Å². The fraction of sp³-hybridized carbons (Fsp3) is 0.188. The predicted molar refractivity (Wildman–Crippen MR) is 94.2 cm³/mol. The standard InChI is InChI=1S/C16H18ClN3O3S/c1-20(10-12-4-2-5-13(17)8-12)11-16(21)19-14-6-3-7-15(9-14)24(18,22)23/h2-9H,10-11H2,1H3,(H,19,21)(H2,18,22,23). The van der Waals surface area contributed by atoms with Crippen molar-refractivity contribution in [3.63, 3.8) is 0 Å². The molecule has 0 unspecified atom stereocenters. The number of hydrogen-bond acceptors (Lipinski definition) is 4. The van der Waals surface area contributed by atoms with E-state index in [1.165, 1.54) is 18.2 Å². The summed E-state index contributed by atoms with van der Waals surface area (Å²) in [5.74, 6) is -0.258. The molecule has 0 spiro atoms. The Bertz CT molecular complexity index is 840. The second-order valence-electron chi connectivity index (χ2n) is 5.42. The average molecular weight is 368 g/mol. The van der Waals surface area contributed by atoms with Crippen LogP contribution in [0, 0.1) is 0 Å². The zero-order chi connectivity index (χ0) is 17.7. The summed E-state index contributed by atoms with van der Waals surface area (Å²) in [7, 11) is -2.00. The summed E-state index contributed by atoms with van der Waals surface area (Å²) in [6, 6.07) is 13.2. The van der Waals surface area contributed by atoms with E-state index in [-0.39, 0.29) is 17.3 Å². The van der Waals surface area contributed by atoms with Crippen LogP contribution in [0.4, 0.5) is 5.69 Å². The number of benzene rings is 2. The van der Waals surface area contributed by atoms with E-state index in [0.29, 0.717) is 17.3 Å². The first-order valence-electron chi connectivity index (χ1n) is 7.10. The molecule has 0 radical (unpaired) electrons. The van der Waals surface area contributed by atoms with Gasteiger partial charge in [-0.2, -0.15) is 0 Å². The predicted octanol–water partition coefficient (Wildman–Crippen LogP) is 2.06. The van der Waals surface area contributed by atoms with Gasteiger partial charge in [0.2, 0.25) is 15.9 Å². The Labute approximate surface area is 146 Å². The SMILES string of the molecule is CN(CC(=O)Nc1cccc(S(N)(=O)=O)c1)Cc1cccc(Cl)c1. The number of likely N-dealkylation sites (N-methyl/N-ethyl adjacent to an activating group) is 1. The molecule has 1 amide bonds. The molecule has 0 atom stereocenters. The molecule has 0 heterocycles. The van der Waals surface area contributed by atoms with Crippen LogP contribution >= 0.6 is 11.6 Å². The third-order valence-electron chi connectivity index (χ3n) is 3.20. The number of nitrogens with zero attached hydrogens (tertiary/aromatic N) is 1. The summed E-state index contributed by atoms with van der Waals surface area (Å²) in [4.78, 5) is 13.9. The Morgan fingerprint density at radius 1 is 1.21 bits per heavy atom. The quantitative estimate of drug-likeness (QED) is 0.817. The summed E-state index contributed by atoms with van der Waals surface area (Å²) < 4.78 is 22.7. The van der Waals surface area contributed by atoms with Gasteiger partial charge in [-0.15, -0.1) is 0 Å². The van der Waals surface area contributed by atoms with Crippen molar-refractivity contribution in [2.24, 2.45) is 5.14 Å². The van der Waals surface area contributed by atoms with Crippen molar-refractivity contribution in [1.82, 2.24) is 4.90 Å². The zero-order valence-electron chi connectivity index (χ0n) is 13.1. The number of carbonyl (C=O) groups is 1. The number of amides is 1. The summed E-state index contributed by atoms with van der Waals surface area (Å²) >= 11 is 5.94. The molecule has 2 aromatic rings. The number of hydrogen-bond donors (Lipinski definition) is 2. The highest BCUT2D eigenvalue weighted by molar-refractivity contribution is 7.89. The second kappa shape index (κ2) is 7.76. The first-order valence-corrected chi connectivity index (χ1v) is 9.02. The van der Waals surface area contributed by atoms with Gasteiger partial charge in [-0.3, -0.25) is 9.69 Å². The lowest BCUT2D eigenvalue weighted by Gasteiger charge is -2.16. The maximum atomic E-state index is 12.1. The number of sulfonamides is 1. The number of carbonyl (C=O) groups excluding carboxylic acids is 1. The number of nitrogens with two attached hydrogens (primary N) is 1. The molecule has 0 aliphatic rings. The molecular weight excluding hydrogens is 350 g/mol. The molecule has 0 aromatic heterocycles. The van der Waals surface area contributed by atoms with E-state index < -0.39 is 10.0 Å². The molecule has 0 fully saturated rings. The molecule has 0 bridgehead atoms. The second-order valence-corrected chi connectivity index (χ2v) is 7.42. The number of nitrogens with one attached hydrogen (secondary N) is 1. The Morgan fingerprint density at radius 2 is 1.92 bits per heavy atom. The van der Waals surface area contributed by atoms with Crippen molar-refractivity contribution in [2.45, 2.75) is 11.4 Å². The molecule has 6 nitrogen and oxygen atoms in total. The first kappa shape index (κ1) is 18.4. The Kier molecular flexibility index (Phi) is 5.95. The minimum absolute atomic E-state index is 0.0485. The summed E-state index contributed by atoms with van der Waals surface area (Å²) in [6.07, 6.45) is 0. The van der Waals surface area contributed by atoms with Gasteiger partial charge < -0.3 is 5.32 Å². The summed E-state index contributed by atoms with van der Waals surface area (Å²) in [6.45, 7) is 0.706. The Balaban J connectivity index is 1.95. The normalized spacial score (nSPS) is 11.5. The van der Waals surface area contributed by atoms with Crippen LogP contribution in [0.25, 0.3) is 0 Å². The Morgan fingerprint density at radius 3 is 2.58 bits per heavy atom. The molecule has 2 rings (SSSR count). The van der Waals surface area contributed by atoms with Gasteiger partial charge >= 0.3 is 0 Å². The van der Waals surface area contributed by atoms with Crippen LogP contribution in [0.2, 0.25) is 5.02 Å². The molecule has 3 N–H and O–H groups in total. The number of anilines is 1. The van der Waals surface area contributed by atoms with Gasteiger partial charge in [0.15, 0.2) is 0 Å². The van der Waals surface area contributed by atoms with E-state index >= 15 is 0 Å². The minimum atomic E-state index is -3.80. The fourth-order valence-electron chi connectivity index (χ4n) is 2.20. The van der Waals surface area contributed by atoms with Crippen LogP contribution in [0.15, 0.2) is 53.4 Å². The van der Waals surface area contributed by atoms with Gasteiger partial charge in [0.1, 0.15) is 0 Å². The smallest absolute Gasteiger partial charge is 0.238 e. The number of rotatable bonds is 6. The topological polar surface area (TPSA) is 92.5 Å². The van der Waals surface area contributed by atoms with Gasteiger partial charge in [-0.25, -0.2) is 13.6 Å². The maximum Gasteiger partial charge on any atom is 0.238 e. The lowest BCUT2D eigenvalue weighted by molar-refractivity contribution is -0.117. The monoisotopic (exact) mass is 367 g/mol. The van der Waals surface area contributed by atoms with Crippen LogP contribution in [-0.2, 0) is 21.4 Å². The first-order chi connectivity index (χ1) is 11.2. The van der Waals surface area contributed by atoms with Crippen molar-refractivity contribution >= 4 is 33.2 Å². The van der Waals surface area contributed by atoms with Crippen molar-refractivity contribution in [3.8, 4) is 0 Å². The summed E-state index contributed by atoms with van der Waals surface area (Å²) in [5.41, 5.74) is 1.37. The van der Waals surface area contributed by atoms with Crippen LogP contribution in [0.1, 0.15) is 5.56 Å².